The van der Waals surface area contributed by atoms with Crippen LogP contribution in [-0.4, -0.2) is 30.1 Å². The fourth-order valence-corrected chi connectivity index (χ4v) is 4.81. The Morgan fingerprint density at radius 3 is 2.10 bits per heavy atom. The van der Waals surface area contributed by atoms with Gasteiger partial charge in [-0.2, -0.15) is 0 Å². The molecule has 0 aliphatic rings. The van der Waals surface area contributed by atoms with Gasteiger partial charge >= 0.3 is 0 Å². The van der Waals surface area contributed by atoms with E-state index in [1.807, 2.05) is 57.2 Å². The van der Waals surface area contributed by atoms with E-state index in [0.717, 1.165) is 16.1 Å². The third kappa shape index (κ3) is 8.34. The van der Waals surface area contributed by atoms with Gasteiger partial charge in [-0.15, -0.1) is 11.8 Å². The molecule has 0 saturated carbocycles. The van der Waals surface area contributed by atoms with Crippen LogP contribution in [0.25, 0.3) is 6.08 Å². The Hall–Kier alpha value is -4.82. The van der Waals surface area contributed by atoms with Crippen molar-refractivity contribution < 1.29 is 19.1 Å². The van der Waals surface area contributed by atoms with Gasteiger partial charge in [-0.3, -0.25) is 14.4 Å². The Morgan fingerprint density at radius 2 is 1.45 bits per heavy atom. The topological polar surface area (TPSA) is 96.5 Å². The van der Waals surface area contributed by atoms with Crippen molar-refractivity contribution >= 4 is 46.9 Å². The Balaban J connectivity index is 1.43. The zero-order chi connectivity index (χ0) is 30.1. The summed E-state index contributed by atoms with van der Waals surface area (Å²) in [4.78, 5) is 39.8. The number of aryl methyl sites for hydroxylation is 2. The molecule has 4 aromatic rings. The lowest BCUT2D eigenvalue weighted by Gasteiger charge is -2.14. The maximum absolute atomic E-state index is 13.3. The fourth-order valence-electron chi connectivity index (χ4n) is 3.95. The fraction of sp³-hybridized carbons (Fsp3) is 0.147. The van der Waals surface area contributed by atoms with Crippen LogP contribution in [0.4, 0.5) is 11.4 Å². The van der Waals surface area contributed by atoms with Gasteiger partial charge in [0.05, 0.1) is 12.4 Å². The van der Waals surface area contributed by atoms with E-state index in [2.05, 4.69) is 16.0 Å². The number of carbonyl (C=O) groups is 3. The molecule has 4 aromatic carbocycles. The molecule has 214 valence electrons. The minimum atomic E-state index is -0.475. The van der Waals surface area contributed by atoms with Crippen LogP contribution in [0, 0.1) is 13.8 Å². The van der Waals surface area contributed by atoms with Crippen molar-refractivity contribution in [2.45, 2.75) is 30.9 Å². The van der Waals surface area contributed by atoms with Gasteiger partial charge in [0.1, 0.15) is 11.4 Å². The van der Waals surface area contributed by atoms with Crippen molar-refractivity contribution in [3.8, 4) is 5.75 Å². The molecule has 0 spiro atoms. The number of amides is 3. The van der Waals surface area contributed by atoms with Crippen molar-refractivity contribution in [3.63, 3.8) is 0 Å². The highest BCUT2D eigenvalue weighted by Gasteiger charge is 2.17. The van der Waals surface area contributed by atoms with E-state index in [0.29, 0.717) is 22.6 Å². The Kier molecular flexibility index (Phi) is 10.2. The quantitative estimate of drug-likeness (QED) is 0.141. The maximum Gasteiger partial charge on any atom is 0.272 e. The molecular weight excluding hydrogens is 546 g/mol. The summed E-state index contributed by atoms with van der Waals surface area (Å²) in [6.45, 7) is 5.89. The summed E-state index contributed by atoms with van der Waals surface area (Å²) in [5.41, 5.74) is 4.84. The molecule has 0 fully saturated rings. The van der Waals surface area contributed by atoms with Crippen molar-refractivity contribution in [1.82, 2.24) is 5.32 Å². The number of anilines is 2. The lowest BCUT2D eigenvalue weighted by atomic mass is 10.1. The van der Waals surface area contributed by atoms with Gasteiger partial charge in [0, 0.05) is 21.8 Å². The molecule has 4 rings (SSSR count). The summed E-state index contributed by atoms with van der Waals surface area (Å²) in [6.07, 6.45) is 1.61. The van der Waals surface area contributed by atoms with E-state index in [1.165, 1.54) is 17.3 Å². The molecule has 1 atom stereocenters. The molecule has 0 aliphatic carbocycles. The number of nitrogens with one attached hydrogen (secondary N) is 3. The Labute approximate surface area is 250 Å². The molecular formula is C34H33N3O4S. The third-order valence-corrected chi connectivity index (χ3v) is 7.64. The van der Waals surface area contributed by atoms with E-state index < -0.39 is 11.8 Å². The summed E-state index contributed by atoms with van der Waals surface area (Å²) >= 11 is 1.42. The van der Waals surface area contributed by atoms with E-state index in [4.69, 9.17) is 4.74 Å². The zero-order valence-electron chi connectivity index (χ0n) is 23.9. The van der Waals surface area contributed by atoms with Gasteiger partial charge < -0.3 is 20.7 Å². The van der Waals surface area contributed by atoms with E-state index in [1.54, 1.807) is 73.8 Å². The predicted octanol–water partition coefficient (Wildman–Crippen LogP) is 6.84. The van der Waals surface area contributed by atoms with Gasteiger partial charge in [0.25, 0.3) is 11.8 Å². The largest absolute Gasteiger partial charge is 0.497 e. The second-order valence-corrected chi connectivity index (χ2v) is 11.1. The summed E-state index contributed by atoms with van der Waals surface area (Å²) in [6, 6.07) is 28.9. The number of rotatable bonds is 10. The minimum Gasteiger partial charge on any atom is -0.497 e. The number of hydrogen-bond acceptors (Lipinski definition) is 5. The molecule has 0 aliphatic heterocycles. The second kappa shape index (κ2) is 14.2. The van der Waals surface area contributed by atoms with E-state index in [-0.39, 0.29) is 16.9 Å². The highest BCUT2D eigenvalue weighted by molar-refractivity contribution is 8.00. The normalized spacial score (nSPS) is 11.8. The van der Waals surface area contributed by atoms with Crippen LogP contribution in [0.2, 0.25) is 0 Å². The number of carbonyl (C=O) groups excluding carboxylic acids is 3. The molecule has 7 nitrogen and oxygen atoms in total. The predicted molar refractivity (Wildman–Crippen MR) is 170 cm³/mol. The zero-order valence-corrected chi connectivity index (χ0v) is 24.8. The van der Waals surface area contributed by atoms with Gasteiger partial charge in [-0.05, 0) is 104 Å². The van der Waals surface area contributed by atoms with Crippen molar-refractivity contribution in [2.24, 2.45) is 0 Å². The van der Waals surface area contributed by atoms with Crippen molar-refractivity contribution in [2.75, 3.05) is 17.7 Å². The van der Waals surface area contributed by atoms with Gasteiger partial charge in [0.2, 0.25) is 5.91 Å². The minimum absolute atomic E-state index is 0.0871. The number of hydrogen-bond donors (Lipinski definition) is 3. The van der Waals surface area contributed by atoms with E-state index in [9.17, 15) is 14.4 Å². The Morgan fingerprint density at radius 1 is 0.786 bits per heavy atom. The molecule has 0 saturated heterocycles. The highest BCUT2D eigenvalue weighted by atomic mass is 32.2. The number of methoxy groups -OCH3 is 1. The number of benzene rings is 4. The summed E-state index contributed by atoms with van der Waals surface area (Å²) < 4.78 is 5.21. The molecule has 0 radical (unpaired) electrons. The lowest BCUT2D eigenvalue weighted by Crippen LogP contribution is -2.30. The first-order valence-corrected chi connectivity index (χ1v) is 14.3. The highest BCUT2D eigenvalue weighted by Crippen LogP contribution is 2.26. The maximum atomic E-state index is 13.3. The van der Waals surface area contributed by atoms with Crippen LogP contribution in [0.1, 0.15) is 34.0 Å². The number of thioether (sulfide) groups is 1. The molecule has 1 unspecified atom stereocenters. The average molecular weight is 580 g/mol. The van der Waals surface area contributed by atoms with Gasteiger partial charge in [-0.1, -0.05) is 36.4 Å². The van der Waals surface area contributed by atoms with Crippen LogP contribution in [0.3, 0.4) is 0 Å². The van der Waals surface area contributed by atoms with Crippen LogP contribution < -0.4 is 20.7 Å². The van der Waals surface area contributed by atoms with Crippen LogP contribution >= 0.6 is 11.8 Å². The number of ether oxygens (including phenoxy) is 1. The first kappa shape index (κ1) is 30.1. The van der Waals surface area contributed by atoms with Crippen LogP contribution in [-0.2, 0) is 9.59 Å². The van der Waals surface area contributed by atoms with Crippen molar-refractivity contribution in [1.29, 1.82) is 0 Å². The van der Waals surface area contributed by atoms with Gasteiger partial charge in [-0.25, -0.2) is 0 Å². The SMILES string of the molecule is COc1ccc(/C=C(\NC(=O)c2ccccc2)C(=O)Nc2ccc(SC(C)C(=O)Nc3ccc(C)c(C)c3)cc2)cc1. The first-order valence-electron chi connectivity index (χ1n) is 13.4. The average Bonchev–Trinajstić information content (AvgIpc) is 3.00. The standard InChI is InChI=1S/C34H33N3O4S/c1-22-10-13-28(20-23(22)2)36-32(38)24(3)42-30-18-14-27(15-19-30)35-34(40)31(21-25-11-16-29(41-4)17-12-25)37-33(39)26-8-6-5-7-9-26/h5-21,24H,1-4H3,(H,35,40)(H,36,38)(H,37,39)/b31-21-. The smallest absolute Gasteiger partial charge is 0.272 e. The molecule has 42 heavy (non-hydrogen) atoms. The lowest BCUT2D eigenvalue weighted by molar-refractivity contribution is -0.115. The third-order valence-electron chi connectivity index (χ3n) is 6.52. The summed E-state index contributed by atoms with van der Waals surface area (Å²) in [5.74, 6) is -0.286. The summed E-state index contributed by atoms with van der Waals surface area (Å²) in [7, 11) is 1.58. The van der Waals surface area contributed by atoms with E-state index >= 15 is 0 Å². The van der Waals surface area contributed by atoms with Gasteiger partial charge in [0.15, 0.2) is 0 Å². The summed E-state index contributed by atoms with van der Waals surface area (Å²) in [5, 5.41) is 8.22. The molecule has 0 bridgehead atoms. The molecule has 8 heteroatoms. The van der Waals surface area contributed by atoms with Crippen molar-refractivity contribution in [3.05, 3.63) is 125 Å². The van der Waals surface area contributed by atoms with Crippen LogP contribution in [0.15, 0.2) is 108 Å². The Bertz CT molecular complexity index is 1580. The first-order chi connectivity index (χ1) is 20.2. The molecule has 0 heterocycles. The molecule has 3 N–H and O–H groups in total. The molecule has 3 amide bonds. The molecule has 0 aromatic heterocycles. The van der Waals surface area contributed by atoms with Crippen LogP contribution in [0.5, 0.6) is 5.75 Å². The monoisotopic (exact) mass is 579 g/mol. The second-order valence-electron chi connectivity index (χ2n) is 9.68.